The Balaban J connectivity index is 2.26. The van der Waals surface area contributed by atoms with Gasteiger partial charge in [-0.1, -0.05) is 34.5 Å². The zero-order valence-corrected chi connectivity index (χ0v) is 15.1. The van der Waals surface area contributed by atoms with E-state index in [9.17, 15) is 8.42 Å². The molecule has 1 aromatic heterocycles. The van der Waals surface area contributed by atoms with Crippen LogP contribution in [0.2, 0.25) is 5.02 Å². The molecule has 2 rings (SSSR count). The van der Waals surface area contributed by atoms with Gasteiger partial charge in [-0.05, 0) is 34.3 Å². The number of piperidine rings is 1. The summed E-state index contributed by atoms with van der Waals surface area (Å²) in [6.07, 6.45) is 0.870. The molecular weight excluding hydrogens is 426 g/mol. The molecule has 0 aromatic carbocycles. The van der Waals surface area contributed by atoms with Crippen molar-refractivity contribution in [1.29, 1.82) is 0 Å². The number of hydrogen-bond acceptors (Lipinski definition) is 3. The number of hydrogen-bond donors (Lipinski definition) is 0. The van der Waals surface area contributed by atoms with Crippen LogP contribution in [0, 0.1) is 5.92 Å². The minimum absolute atomic E-state index is 0.208. The number of nitrogens with zero attached hydrogens (tertiary/aromatic N) is 1. The highest BCUT2D eigenvalue weighted by Gasteiger charge is 2.33. The van der Waals surface area contributed by atoms with Crippen molar-refractivity contribution in [1.82, 2.24) is 4.31 Å². The van der Waals surface area contributed by atoms with Crippen molar-refractivity contribution in [2.45, 2.75) is 22.4 Å². The van der Waals surface area contributed by atoms with E-state index in [2.05, 4.69) is 38.8 Å². The molecule has 0 amide bonds. The standard InChI is InChI=1S/C10H12Br2ClNO2S2/c1-6-2-3-14(5-7(6)11)18(15,16)9-4-8(13)10(12)17-9/h4,6-7H,2-3,5H2,1H3. The monoisotopic (exact) mass is 435 g/mol. The summed E-state index contributed by atoms with van der Waals surface area (Å²) in [5, 5.41) is 0.444. The van der Waals surface area contributed by atoms with Gasteiger partial charge in [0.1, 0.15) is 4.21 Å². The maximum absolute atomic E-state index is 12.4. The molecule has 0 spiro atoms. The molecule has 2 unspecified atom stereocenters. The van der Waals surface area contributed by atoms with Gasteiger partial charge in [0.15, 0.2) is 0 Å². The first kappa shape index (κ1) is 15.3. The molecule has 0 N–H and O–H groups in total. The first-order valence-corrected chi connectivity index (χ1v) is 9.75. The highest BCUT2D eigenvalue weighted by molar-refractivity contribution is 9.11. The van der Waals surface area contributed by atoms with Crippen LogP contribution in [-0.2, 0) is 10.0 Å². The third kappa shape index (κ3) is 2.96. The topological polar surface area (TPSA) is 37.4 Å². The molecule has 1 aromatic rings. The van der Waals surface area contributed by atoms with Gasteiger partial charge in [0.05, 0.1) is 8.81 Å². The van der Waals surface area contributed by atoms with Crippen LogP contribution in [0.15, 0.2) is 14.1 Å². The van der Waals surface area contributed by atoms with E-state index in [0.717, 1.165) is 17.8 Å². The van der Waals surface area contributed by atoms with Crippen LogP contribution in [0.4, 0.5) is 0 Å². The number of sulfonamides is 1. The zero-order valence-electron chi connectivity index (χ0n) is 9.57. The summed E-state index contributed by atoms with van der Waals surface area (Å²) < 4.78 is 27.4. The molecule has 0 saturated carbocycles. The maximum Gasteiger partial charge on any atom is 0.252 e. The summed E-state index contributed by atoms with van der Waals surface area (Å²) in [6, 6.07) is 1.51. The second-order valence-electron chi connectivity index (χ2n) is 4.33. The summed E-state index contributed by atoms with van der Waals surface area (Å²) in [4.78, 5) is 0.208. The Labute approximate surface area is 133 Å². The van der Waals surface area contributed by atoms with Crippen molar-refractivity contribution in [2.75, 3.05) is 13.1 Å². The van der Waals surface area contributed by atoms with E-state index in [1.807, 2.05) is 0 Å². The average molecular weight is 438 g/mol. The van der Waals surface area contributed by atoms with Crippen molar-refractivity contribution >= 4 is 64.8 Å². The van der Waals surface area contributed by atoms with E-state index in [-0.39, 0.29) is 4.83 Å². The van der Waals surface area contributed by atoms with E-state index in [1.54, 1.807) is 0 Å². The summed E-state index contributed by atoms with van der Waals surface area (Å²) in [6.45, 7) is 3.21. The van der Waals surface area contributed by atoms with E-state index in [1.165, 1.54) is 10.4 Å². The van der Waals surface area contributed by atoms with Gasteiger partial charge in [-0.2, -0.15) is 4.31 Å². The van der Waals surface area contributed by atoms with Crippen molar-refractivity contribution in [2.24, 2.45) is 5.92 Å². The quantitative estimate of drug-likeness (QED) is 0.657. The molecule has 102 valence electrons. The molecule has 1 saturated heterocycles. The highest BCUT2D eigenvalue weighted by atomic mass is 79.9. The van der Waals surface area contributed by atoms with Gasteiger partial charge in [0.2, 0.25) is 0 Å². The Morgan fingerprint density at radius 3 is 2.72 bits per heavy atom. The first-order valence-electron chi connectivity index (χ1n) is 5.41. The molecule has 1 aliphatic heterocycles. The van der Waals surface area contributed by atoms with Gasteiger partial charge in [0, 0.05) is 17.9 Å². The lowest BCUT2D eigenvalue weighted by atomic mass is 10.0. The summed E-state index contributed by atoms with van der Waals surface area (Å²) >= 11 is 13.8. The molecule has 0 radical (unpaired) electrons. The predicted molar refractivity (Wildman–Crippen MR) is 82.3 cm³/mol. The number of alkyl halides is 1. The van der Waals surface area contributed by atoms with Crippen LogP contribution in [0.5, 0.6) is 0 Å². The lowest BCUT2D eigenvalue weighted by molar-refractivity contribution is 0.300. The second kappa shape index (κ2) is 5.69. The van der Waals surface area contributed by atoms with Crippen LogP contribution in [0.25, 0.3) is 0 Å². The Bertz CT molecular complexity index is 527. The predicted octanol–water partition coefficient (Wildman–Crippen LogP) is 3.96. The lowest BCUT2D eigenvalue weighted by Crippen LogP contribution is -2.43. The molecule has 1 fully saturated rings. The highest BCUT2D eigenvalue weighted by Crippen LogP contribution is 2.37. The van der Waals surface area contributed by atoms with Crippen LogP contribution in [-0.4, -0.2) is 30.6 Å². The Hall–Kier alpha value is 0.860. The Morgan fingerprint density at radius 2 is 2.22 bits per heavy atom. The fourth-order valence-corrected chi connectivity index (χ4v) is 6.63. The van der Waals surface area contributed by atoms with Crippen LogP contribution in [0.1, 0.15) is 13.3 Å². The molecule has 2 heterocycles. The minimum Gasteiger partial charge on any atom is -0.206 e. The molecule has 18 heavy (non-hydrogen) atoms. The molecule has 2 atom stereocenters. The lowest BCUT2D eigenvalue weighted by Gasteiger charge is -2.32. The fourth-order valence-electron chi connectivity index (χ4n) is 1.79. The number of halogens is 3. The molecule has 1 aliphatic rings. The zero-order chi connectivity index (χ0) is 13.5. The van der Waals surface area contributed by atoms with Crippen molar-refractivity contribution in [3.05, 3.63) is 14.9 Å². The first-order chi connectivity index (χ1) is 8.32. The maximum atomic E-state index is 12.4. The number of rotatable bonds is 2. The van der Waals surface area contributed by atoms with Crippen LogP contribution in [0.3, 0.4) is 0 Å². The van der Waals surface area contributed by atoms with Gasteiger partial charge >= 0.3 is 0 Å². The van der Waals surface area contributed by atoms with Crippen molar-refractivity contribution < 1.29 is 8.42 Å². The normalized spacial score (nSPS) is 26.4. The largest absolute Gasteiger partial charge is 0.252 e. The SMILES string of the molecule is CC1CCN(S(=O)(=O)c2cc(Cl)c(Br)s2)CC1Br. The summed E-state index contributed by atoms with van der Waals surface area (Å²) in [5.74, 6) is 0.495. The number of thiophene rings is 1. The smallest absolute Gasteiger partial charge is 0.206 e. The van der Waals surface area contributed by atoms with E-state index < -0.39 is 10.0 Å². The minimum atomic E-state index is -3.41. The fraction of sp³-hybridized carbons (Fsp3) is 0.600. The van der Waals surface area contributed by atoms with Crippen LogP contribution < -0.4 is 0 Å². The van der Waals surface area contributed by atoms with Gasteiger partial charge in [-0.15, -0.1) is 11.3 Å². The van der Waals surface area contributed by atoms with Gasteiger partial charge < -0.3 is 0 Å². The van der Waals surface area contributed by atoms with Gasteiger partial charge in [-0.3, -0.25) is 0 Å². The van der Waals surface area contributed by atoms with Gasteiger partial charge in [-0.25, -0.2) is 8.42 Å². The second-order valence-corrected chi connectivity index (χ2v) is 10.5. The van der Waals surface area contributed by atoms with E-state index >= 15 is 0 Å². The molecule has 3 nitrogen and oxygen atoms in total. The molecule has 8 heteroatoms. The third-order valence-corrected chi connectivity index (χ3v) is 9.03. The van der Waals surface area contributed by atoms with Crippen molar-refractivity contribution in [3.8, 4) is 0 Å². The average Bonchev–Trinajstić information content (AvgIpc) is 2.64. The van der Waals surface area contributed by atoms with Crippen LogP contribution >= 0.6 is 54.8 Å². The summed E-state index contributed by atoms with van der Waals surface area (Å²) in [5.41, 5.74) is 0. The molecule has 0 bridgehead atoms. The van der Waals surface area contributed by atoms with Gasteiger partial charge in [0.25, 0.3) is 10.0 Å². The third-order valence-electron chi connectivity index (χ3n) is 3.05. The van der Waals surface area contributed by atoms with E-state index in [4.69, 9.17) is 11.6 Å². The van der Waals surface area contributed by atoms with Crippen molar-refractivity contribution in [3.63, 3.8) is 0 Å². The molecule has 0 aliphatic carbocycles. The Morgan fingerprint density at radius 1 is 1.56 bits per heavy atom. The Kier molecular flexibility index (Phi) is 4.82. The van der Waals surface area contributed by atoms with E-state index in [0.29, 0.717) is 32.0 Å². The summed E-state index contributed by atoms with van der Waals surface area (Å²) in [7, 11) is -3.41. The molecular formula is C10H12Br2ClNO2S2.